The molecule has 0 bridgehead atoms. The smallest absolute Gasteiger partial charge is 0.195 e. The van der Waals surface area contributed by atoms with Crippen molar-refractivity contribution in [1.82, 2.24) is 14.8 Å². The van der Waals surface area contributed by atoms with Crippen LogP contribution in [-0.2, 0) is 6.54 Å². The summed E-state index contributed by atoms with van der Waals surface area (Å²) in [4.78, 5) is 0. The van der Waals surface area contributed by atoms with Crippen LogP contribution < -0.4 is 4.74 Å². The zero-order chi connectivity index (χ0) is 15.5. The number of hydrogen-bond acceptors (Lipinski definition) is 3. The Hall–Kier alpha value is -2.11. The molecule has 0 aliphatic carbocycles. The first kappa shape index (κ1) is 14.8. The van der Waals surface area contributed by atoms with E-state index in [0.717, 1.165) is 22.7 Å². The molecule has 0 unspecified atom stereocenters. The van der Waals surface area contributed by atoms with E-state index in [4.69, 9.17) is 28.6 Å². The van der Waals surface area contributed by atoms with Crippen molar-refractivity contribution in [2.75, 3.05) is 7.11 Å². The summed E-state index contributed by atoms with van der Waals surface area (Å²) in [7, 11) is 1.64. The normalized spacial score (nSPS) is 10.6. The van der Waals surface area contributed by atoms with Crippen LogP contribution in [0.3, 0.4) is 0 Å². The highest BCUT2D eigenvalue weighted by atomic mass is 35.5. The number of H-pyrrole nitrogens is 1. The summed E-state index contributed by atoms with van der Waals surface area (Å²) in [6.07, 6.45) is 0. The van der Waals surface area contributed by atoms with Crippen molar-refractivity contribution in [2.24, 2.45) is 0 Å². The molecule has 22 heavy (non-hydrogen) atoms. The number of aromatic amines is 1. The Morgan fingerprint density at radius 2 is 1.91 bits per heavy atom. The predicted molar refractivity (Wildman–Crippen MR) is 90.0 cm³/mol. The van der Waals surface area contributed by atoms with Gasteiger partial charge in [0.2, 0.25) is 0 Å². The van der Waals surface area contributed by atoms with E-state index in [9.17, 15) is 0 Å². The first-order chi connectivity index (χ1) is 10.7. The molecule has 0 saturated heterocycles. The molecule has 0 spiro atoms. The Labute approximate surface area is 138 Å². The van der Waals surface area contributed by atoms with Gasteiger partial charge in [0.1, 0.15) is 5.75 Å². The van der Waals surface area contributed by atoms with Crippen LogP contribution in [0.5, 0.6) is 5.75 Å². The first-order valence-corrected chi connectivity index (χ1v) is 7.50. The van der Waals surface area contributed by atoms with E-state index >= 15 is 0 Å². The molecule has 0 aliphatic rings. The number of rotatable bonds is 4. The van der Waals surface area contributed by atoms with Crippen LogP contribution in [0.2, 0.25) is 5.02 Å². The van der Waals surface area contributed by atoms with Gasteiger partial charge in [-0.15, -0.1) is 0 Å². The second-order valence-corrected chi connectivity index (χ2v) is 5.55. The van der Waals surface area contributed by atoms with Crippen molar-refractivity contribution >= 4 is 23.8 Å². The number of ether oxygens (including phenoxy) is 1. The van der Waals surface area contributed by atoms with E-state index in [0.29, 0.717) is 16.3 Å². The Balaban J connectivity index is 2.00. The van der Waals surface area contributed by atoms with Crippen molar-refractivity contribution in [1.29, 1.82) is 0 Å². The van der Waals surface area contributed by atoms with Gasteiger partial charge in [0.25, 0.3) is 0 Å². The highest BCUT2D eigenvalue weighted by Gasteiger charge is 2.11. The maximum atomic E-state index is 6.24. The third kappa shape index (κ3) is 2.91. The van der Waals surface area contributed by atoms with Crippen molar-refractivity contribution in [3.05, 3.63) is 63.9 Å². The fraction of sp³-hybridized carbons (Fsp3) is 0.125. The molecule has 0 radical (unpaired) electrons. The molecule has 112 valence electrons. The minimum absolute atomic E-state index is 0.561. The van der Waals surface area contributed by atoms with Gasteiger partial charge in [0.05, 0.1) is 13.7 Å². The number of nitrogens with zero attached hydrogens (tertiary/aromatic N) is 2. The molecule has 3 rings (SSSR count). The van der Waals surface area contributed by atoms with Crippen LogP contribution in [0.15, 0.2) is 48.5 Å². The van der Waals surface area contributed by atoms with Crippen molar-refractivity contribution in [3.63, 3.8) is 0 Å². The molecule has 1 aromatic heterocycles. The summed E-state index contributed by atoms with van der Waals surface area (Å²) in [6, 6.07) is 15.4. The second kappa shape index (κ2) is 6.34. The fourth-order valence-corrected chi connectivity index (χ4v) is 2.61. The number of hydrogen-bond donors (Lipinski definition) is 1. The summed E-state index contributed by atoms with van der Waals surface area (Å²) in [6.45, 7) is 0.566. The maximum Gasteiger partial charge on any atom is 0.195 e. The average molecular weight is 332 g/mol. The molecule has 0 saturated carbocycles. The lowest BCUT2D eigenvalue weighted by molar-refractivity contribution is 0.415. The first-order valence-electron chi connectivity index (χ1n) is 6.72. The van der Waals surface area contributed by atoms with Crippen LogP contribution in [0.1, 0.15) is 5.56 Å². The van der Waals surface area contributed by atoms with Crippen molar-refractivity contribution in [3.8, 4) is 17.1 Å². The highest BCUT2D eigenvalue weighted by Crippen LogP contribution is 2.23. The minimum atomic E-state index is 0.561. The highest BCUT2D eigenvalue weighted by molar-refractivity contribution is 7.71. The zero-order valence-electron chi connectivity index (χ0n) is 11.9. The van der Waals surface area contributed by atoms with Crippen LogP contribution in [0.25, 0.3) is 11.4 Å². The Kier molecular flexibility index (Phi) is 4.27. The average Bonchev–Trinajstić information content (AvgIpc) is 2.91. The lowest BCUT2D eigenvalue weighted by Crippen LogP contribution is -2.03. The summed E-state index contributed by atoms with van der Waals surface area (Å²) < 4.78 is 7.67. The Bertz CT molecular complexity index is 839. The number of aromatic nitrogens is 3. The fourth-order valence-electron chi connectivity index (χ4n) is 2.22. The molecular formula is C16H14ClN3OS. The van der Waals surface area contributed by atoms with Gasteiger partial charge in [-0.2, -0.15) is 5.10 Å². The largest absolute Gasteiger partial charge is 0.497 e. The number of methoxy groups -OCH3 is 1. The van der Waals surface area contributed by atoms with Crippen LogP contribution >= 0.6 is 23.8 Å². The zero-order valence-corrected chi connectivity index (χ0v) is 13.5. The third-order valence-corrected chi connectivity index (χ3v) is 4.07. The standard InChI is InChI=1S/C16H14ClN3OS/c1-21-13-8-6-11(7-9-13)15-18-19-16(22)20(15)10-12-4-2-3-5-14(12)17/h2-9H,10H2,1H3,(H,19,22). The van der Waals surface area contributed by atoms with E-state index < -0.39 is 0 Å². The van der Waals surface area contributed by atoms with Gasteiger partial charge in [0.15, 0.2) is 10.6 Å². The molecule has 6 heteroatoms. The van der Waals surface area contributed by atoms with E-state index in [1.807, 2.05) is 53.1 Å². The summed E-state index contributed by atoms with van der Waals surface area (Å²) in [5.74, 6) is 1.57. The Morgan fingerprint density at radius 1 is 1.18 bits per heavy atom. The summed E-state index contributed by atoms with van der Waals surface area (Å²) in [5.41, 5.74) is 1.96. The third-order valence-electron chi connectivity index (χ3n) is 3.39. The summed E-state index contributed by atoms with van der Waals surface area (Å²) in [5, 5.41) is 7.89. The molecule has 0 amide bonds. The van der Waals surface area contributed by atoms with Crippen molar-refractivity contribution in [2.45, 2.75) is 6.54 Å². The molecule has 2 aromatic carbocycles. The second-order valence-electron chi connectivity index (χ2n) is 4.76. The minimum Gasteiger partial charge on any atom is -0.497 e. The molecule has 0 atom stereocenters. The SMILES string of the molecule is COc1ccc(-c2n[nH]c(=S)n2Cc2ccccc2Cl)cc1. The lowest BCUT2D eigenvalue weighted by atomic mass is 10.2. The van der Waals surface area contributed by atoms with Gasteiger partial charge in [-0.25, -0.2) is 0 Å². The van der Waals surface area contributed by atoms with E-state index in [1.54, 1.807) is 7.11 Å². The number of benzene rings is 2. The van der Waals surface area contributed by atoms with E-state index in [1.165, 1.54) is 0 Å². The molecule has 0 aliphatic heterocycles. The molecule has 3 aromatic rings. The molecular weight excluding hydrogens is 318 g/mol. The molecule has 0 fully saturated rings. The van der Waals surface area contributed by atoms with Crippen LogP contribution in [0, 0.1) is 4.77 Å². The molecule has 1 N–H and O–H groups in total. The van der Waals surface area contributed by atoms with Crippen molar-refractivity contribution < 1.29 is 4.74 Å². The number of halogens is 1. The van der Waals surface area contributed by atoms with Gasteiger partial charge in [0, 0.05) is 10.6 Å². The number of nitrogens with one attached hydrogen (secondary N) is 1. The monoisotopic (exact) mass is 331 g/mol. The van der Waals surface area contributed by atoms with Crippen LogP contribution in [-0.4, -0.2) is 21.9 Å². The van der Waals surface area contributed by atoms with E-state index in [-0.39, 0.29) is 0 Å². The molecule has 1 heterocycles. The van der Waals surface area contributed by atoms with Gasteiger partial charge >= 0.3 is 0 Å². The quantitative estimate of drug-likeness (QED) is 0.724. The van der Waals surface area contributed by atoms with Crippen LogP contribution in [0.4, 0.5) is 0 Å². The van der Waals surface area contributed by atoms with E-state index in [2.05, 4.69) is 10.2 Å². The van der Waals surface area contributed by atoms with Gasteiger partial charge in [-0.3, -0.25) is 9.67 Å². The topological polar surface area (TPSA) is 42.8 Å². The van der Waals surface area contributed by atoms with Gasteiger partial charge in [-0.05, 0) is 48.1 Å². The summed E-state index contributed by atoms with van der Waals surface area (Å²) >= 11 is 11.6. The maximum absolute atomic E-state index is 6.24. The Morgan fingerprint density at radius 3 is 2.59 bits per heavy atom. The molecule has 4 nitrogen and oxygen atoms in total. The van der Waals surface area contributed by atoms with Gasteiger partial charge < -0.3 is 4.74 Å². The predicted octanol–water partition coefficient (Wildman–Crippen LogP) is 4.32. The lowest BCUT2D eigenvalue weighted by Gasteiger charge is -2.09. The van der Waals surface area contributed by atoms with Gasteiger partial charge in [-0.1, -0.05) is 29.8 Å².